The summed E-state index contributed by atoms with van der Waals surface area (Å²) < 4.78 is 33.6. The molecule has 2 N–H and O–H groups in total. The highest BCUT2D eigenvalue weighted by molar-refractivity contribution is 7.45. The second-order valence-electron chi connectivity index (χ2n) is 15.4. The number of rotatable bonds is 37. The number of phosphoric acid groups is 1. The summed E-state index contributed by atoms with van der Waals surface area (Å²) in [5.41, 5.74) is 0. The molecule has 0 aromatic rings. The van der Waals surface area contributed by atoms with E-state index in [1.165, 1.54) is 38.5 Å². The van der Waals surface area contributed by atoms with Crippen molar-refractivity contribution < 1.29 is 52.3 Å². The number of likely N-dealkylation sites (N-methyl/N-ethyl adjacent to an activating group) is 1. The molecule has 0 aliphatic carbocycles. The molecule has 1 unspecified atom stereocenters. The van der Waals surface area contributed by atoms with Gasteiger partial charge in [-0.3, -0.25) is 14.2 Å². The lowest BCUT2D eigenvalue weighted by molar-refractivity contribution is -0.870. The van der Waals surface area contributed by atoms with Crippen LogP contribution in [-0.4, -0.2) is 92.5 Å². The average Bonchev–Trinajstić information content (AvgIpc) is 3.16. The van der Waals surface area contributed by atoms with Crippen LogP contribution in [0.5, 0.6) is 0 Å². The summed E-state index contributed by atoms with van der Waals surface area (Å²) >= 11 is 0. The van der Waals surface area contributed by atoms with E-state index in [1.54, 1.807) is 36.5 Å². The number of esters is 2. The number of hydrogen-bond donors (Lipinski definition) is 2. The van der Waals surface area contributed by atoms with E-state index in [1.807, 2.05) is 27.2 Å². The lowest BCUT2D eigenvalue weighted by Gasteiger charge is -2.28. The van der Waals surface area contributed by atoms with Gasteiger partial charge in [0.05, 0.1) is 40.0 Å². The van der Waals surface area contributed by atoms with Crippen LogP contribution in [0.25, 0.3) is 0 Å². The first-order valence-electron chi connectivity index (χ1n) is 21.5. The Labute approximate surface area is 351 Å². The molecule has 11 nitrogen and oxygen atoms in total. The predicted octanol–water partition coefficient (Wildman–Crippen LogP) is 9.33. The number of nitrogens with zero attached hydrogens (tertiary/aromatic N) is 1. The van der Waals surface area contributed by atoms with E-state index in [-0.39, 0.29) is 26.1 Å². The summed E-state index contributed by atoms with van der Waals surface area (Å²) in [7, 11) is 0.989. The number of aliphatic hydroxyl groups is 2. The zero-order valence-electron chi connectivity index (χ0n) is 36.4. The van der Waals surface area contributed by atoms with E-state index < -0.39 is 44.7 Å². The Kier molecular flexibility index (Phi) is 35.3. The van der Waals surface area contributed by atoms with Gasteiger partial charge in [0.2, 0.25) is 0 Å². The minimum atomic E-state index is -4.70. The van der Waals surface area contributed by atoms with Gasteiger partial charge in [-0.05, 0) is 77.0 Å². The zero-order valence-corrected chi connectivity index (χ0v) is 37.3. The number of phosphoric ester groups is 1. The second kappa shape index (κ2) is 37.1. The Balaban J connectivity index is 4.72. The molecule has 0 aromatic carbocycles. The molecule has 58 heavy (non-hydrogen) atoms. The third kappa shape index (κ3) is 39.9. The predicted molar refractivity (Wildman–Crippen MR) is 234 cm³/mol. The molecule has 0 saturated carbocycles. The normalized spacial score (nSPS) is 15.5. The largest absolute Gasteiger partial charge is 0.756 e. The van der Waals surface area contributed by atoms with Gasteiger partial charge in [0, 0.05) is 12.8 Å². The molecule has 0 rings (SSSR count). The standard InChI is InChI=1S/C46H78NO10P/c1-6-8-10-12-14-15-16-17-18-19-20-21-22-24-30-36-46(51)57-44(41-56-58(52,53)55-39-38-47(3,4)5)40-54-45(50)37-31-35-43(49)34-29-26-25-28-33-42(48)32-27-23-13-11-9-7-2/h14-15,17-18,20-21,23,25-29,33-34,42-44,48-49H,6-13,16,19,22,24,30-32,35-41H2,1-5H3/b15-14-,18-17-,21-20-,26-25+,27-23-,33-28+,34-29-/t42-,43-,44-/m1/s1. The molecular formula is C46H78NO10P. The third-order valence-electron chi connectivity index (χ3n) is 8.58. The Bertz CT molecular complexity index is 1300. The number of ether oxygens (including phenoxy) is 2. The molecule has 0 bridgehead atoms. The number of carbonyl (C=O) groups excluding carboxylic acids is 2. The smallest absolute Gasteiger partial charge is 0.306 e. The van der Waals surface area contributed by atoms with Gasteiger partial charge in [-0.15, -0.1) is 0 Å². The fourth-order valence-electron chi connectivity index (χ4n) is 5.09. The van der Waals surface area contributed by atoms with Gasteiger partial charge in [-0.1, -0.05) is 125 Å². The molecule has 12 heteroatoms. The van der Waals surface area contributed by atoms with Gasteiger partial charge in [0.1, 0.15) is 19.8 Å². The van der Waals surface area contributed by atoms with Gasteiger partial charge in [-0.2, -0.15) is 0 Å². The first-order valence-corrected chi connectivity index (χ1v) is 23.0. The Morgan fingerprint density at radius 3 is 1.78 bits per heavy atom. The molecule has 0 aliphatic rings. The quantitative estimate of drug-likeness (QED) is 0.0155. The van der Waals surface area contributed by atoms with Crippen molar-refractivity contribution in [3.05, 3.63) is 85.1 Å². The van der Waals surface area contributed by atoms with Gasteiger partial charge in [0.15, 0.2) is 6.10 Å². The van der Waals surface area contributed by atoms with Crippen LogP contribution >= 0.6 is 7.82 Å². The van der Waals surface area contributed by atoms with E-state index in [0.717, 1.165) is 38.5 Å². The summed E-state index contributed by atoms with van der Waals surface area (Å²) in [6.45, 7) is 3.77. The topological polar surface area (TPSA) is 152 Å². The number of hydrogen-bond acceptors (Lipinski definition) is 10. The van der Waals surface area contributed by atoms with Crippen LogP contribution in [0.1, 0.15) is 129 Å². The molecule has 0 aliphatic heterocycles. The van der Waals surface area contributed by atoms with E-state index >= 15 is 0 Å². The van der Waals surface area contributed by atoms with Crippen LogP contribution in [0.3, 0.4) is 0 Å². The second-order valence-corrected chi connectivity index (χ2v) is 16.8. The molecule has 0 radical (unpaired) electrons. The first kappa shape index (κ1) is 55.1. The fraction of sp³-hybridized carbons (Fsp3) is 0.652. The van der Waals surface area contributed by atoms with Crippen LogP contribution in [0.2, 0.25) is 0 Å². The van der Waals surface area contributed by atoms with Crippen LogP contribution in [-0.2, 0) is 32.7 Å². The van der Waals surface area contributed by atoms with Crippen LogP contribution in [0.15, 0.2) is 85.1 Å². The minimum Gasteiger partial charge on any atom is -0.756 e. The van der Waals surface area contributed by atoms with Gasteiger partial charge in [0.25, 0.3) is 7.82 Å². The van der Waals surface area contributed by atoms with Gasteiger partial charge < -0.3 is 38.1 Å². The zero-order chi connectivity index (χ0) is 43.2. The van der Waals surface area contributed by atoms with Crippen molar-refractivity contribution in [2.75, 3.05) is 47.5 Å². The number of aliphatic hydroxyl groups excluding tert-OH is 2. The first-order chi connectivity index (χ1) is 27.8. The molecule has 4 atom stereocenters. The lowest BCUT2D eigenvalue weighted by Crippen LogP contribution is -2.37. The molecule has 0 fully saturated rings. The van der Waals surface area contributed by atoms with Crippen LogP contribution in [0.4, 0.5) is 0 Å². The molecule has 0 spiro atoms. The monoisotopic (exact) mass is 836 g/mol. The maximum atomic E-state index is 12.6. The molecule has 332 valence electrons. The molecule has 0 amide bonds. The molecule has 0 aromatic heterocycles. The number of allylic oxidation sites excluding steroid dienone is 11. The maximum absolute atomic E-state index is 12.6. The van der Waals surface area contributed by atoms with Crippen molar-refractivity contribution in [1.82, 2.24) is 0 Å². The number of unbranched alkanes of at least 4 members (excludes halogenated alkanes) is 8. The molecule has 0 heterocycles. The van der Waals surface area contributed by atoms with E-state index in [0.29, 0.717) is 36.7 Å². The Morgan fingerprint density at radius 1 is 0.655 bits per heavy atom. The van der Waals surface area contributed by atoms with E-state index in [9.17, 15) is 29.3 Å². The highest BCUT2D eigenvalue weighted by Crippen LogP contribution is 2.38. The highest BCUT2D eigenvalue weighted by Gasteiger charge is 2.21. The van der Waals surface area contributed by atoms with Crippen LogP contribution < -0.4 is 4.89 Å². The van der Waals surface area contributed by atoms with Crippen molar-refractivity contribution in [2.24, 2.45) is 0 Å². The Hall–Kier alpha value is -2.89. The third-order valence-corrected chi connectivity index (χ3v) is 9.54. The number of quaternary nitrogens is 1. The Morgan fingerprint density at radius 2 is 1.19 bits per heavy atom. The fourth-order valence-corrected chi connectivity index (χ4v) is 5.82. The average molecular weight is 836 g/mol. The highest BCUT2D eigenvalue weighted by atomic mass is 31.2. The summed E-state index contributed by atoms with van der Waals surface area (Å²) in [6, 6.07) is 0. The van der Waals surface area contributed by atoms with Crippen LogP contribution in [0, 0.1) is 0 Å². The minimum absolute atomic E-state index is 0.00361. The molecular weight excluding hydrogens is 757 g/mol. The summed E-state index contributed by atoms with van der Waals surface area (Å²) in [4.78, 5) is 37.5. The summed E-state index contributed by atoms with van der Waals surface area (Å²) in [6.07, 6.45) is 39.6. The lowest BCUT2D eigenvalue weighted by atomic mass is 10.1. The van der Waals surface area contributed by atoms with Crippen molar-refractivity contribution in [3.8, 4) is 0 Å². The van der Waals surface area contributed by atoms with Crippen molar-refractivity contribution in [3.63, 3.8) is 0 Å². The summed E-state index contributed by atoms with van der Waals surface area (Å²) in [5, 5.41) is 20.3. The summed E-state index contributed by atoms with van der Waals surface area (Å²) in [5.74, 6) is -1.13. The van der Waals surface area contributed by atoms with Gasteiger partial charge >= 0.3 is 11.9 Å². The molecule has 0 saturated heterocycles. The van der Waals surface area contributed by atoms with Crippen molar-refractivity contribution in [2.45, 2.75) is 148 Å². The maximum Gasteiger partial charge on any atom is 0.306 e. The van der Waals surface area contributed by atoms with Crippen molar-refractivity contribution in [1.29, 1.82) is 0 Å². The van der Waals surface area contributed by atoms with Gasteiger partial charge in [-0.25, -0.2) is 0 Å². The van der Waals surface area contributed by atoms with E-state index in [2.05, 4.69) is 56.4 Å². The van der Waals surface area contributed by atoms with E-state index in [4.69, 9.17) is 18.5 Å². The number of carbonyl (C=O) groups is 2. The SMILES string of the molecule is CCCCC/C=C\C/C=C\C/C=C\CCCCC(=O)O[C@H](COC(=O)CCC[C@H](O)\C=C/C=C/C=C/[C@H](O)C/C=C\CCCCC)COP(=O)([O-])OCC[N+](C)(C)C. The van der Waals surface area contributed by atoms with Crippen molar-refractivity contribution >= 4 is 19.8 Å².